The van der Waals surface area contributed by atoms with Crippen molar-refractivity contribution in [3.8, 4) is 0 Å². The molecule has 4 nitrogen and oxygen atoms in total. The molecule has 2 N–H and O–H groups in total. The number of hydrogen-bond acceptors (Lipinski definition) is 2. The Morgan fingerprint density at radius 2 is 2.07 bits per heavy atom. The largest absolute Gasteiger partial charge is 0.494 e. The summed E-state index contributed by atoms with van der Waals surface area (Å²) < 4.78 is 5.63. The third-order valence-electron chi connectivity index (χ3n) is 6.00. The second kappa shape index (κ2) is 8.68. The van der Waals surface area contributed by atoms with Gasteiger partial charge in [-0.2, -0.15) is 0 Å². The van der Waals surface area contributed by atoms with Crippen molar-refractivity contribution >= 4 is 11.8 Å². The lowest BCUT2D eigenvalue weighted by Crippen LogP contribution is -1.99. The van der Waals surface area contributed by atoms with E-state index in [1.807, 2.05) is 24.4 Å². The van der Waals surface area contributed by atoms with Gasteiger partial charge in [-0.3, -0.25) is 0 Å². The Morgan fingerprint density at radius 3 is 2.86 bits per heavy atom. The molecule has 0 aromatic carbocycles. The monoisotopic (exact) mass is 377 g/mol. The zero-order chi connectivity index (χ0) is 19.3. The second-order valence-electron chi connectivity index (χ2n) is 7.90. The highest BCUT2D eigenvalue weighted by molar-refractivity contribution is 6.11. The predicted octanol–water partition coefficient (Wildman–Crippen LogP) is 6.11. The van der Waals surface area contributed by atoms with Gasteiger partial charge in [0.2, 0.25) is 0 Å². The van der Waals surface area contributed by atoms with E-state index in [-0.39, 0.29) is 0 Å². The van der Waals surface area contributed by atoms with Crippen LogP contribution in [0.2, 0.25) is 0 Å². The third-order valence-corrected chi connectivity index (χ3v) is 6.00. The van der Waals surface area contributed by atoms with E-state index in [2.05, 4.69) is 29.0 Å². The number of ether oxygens (including phenoxy) is 1. The summed E-state index contributed by atoms with van der Waals surface area (Å²) in [6.07, 6.45) is 16.4. The number of aliphatic imine (C=N–C) groups is 1. The fourth-order valence-electron chi connectivity index (χ4n) is 4.40. The molecule has 0 saturated heterocycles. The highest BCUT2D eigenvalue weighted by atomic mass is 16.5. The molecule has 1 unspecified atom stereocenters. The molecule has 1 aliphatic heterocycles. The van der Waals surface area contributed by atoms with Crippen LogP contribution in [0.3, 0.4) is 0 Å². The van der Waals surface area contributed by atoms with Gasteiger partial charge in [0, 0.05) is 23.7 Å². The van der Waals surface area contributed by atoms with Gasteiger partial charge in [0.1, 0.15) is 11.5 Å². The lowest BCUT2D eigenvalue weighted by Gasteiger charge is -2.15. The number of rotatable bonds is 4. The number of allylic oxidation sites excluding steroid dienone is 1. The van der Waals surface area contributed by atoms with Crippen LogP contribution in [0.25, 0.3) is 6.08 Å². The van der Waals surface area contributed by atoms with Crippen molar-refractivity contribution in [3.05, 3.63) is 64.6 Å². The number of hydrogen-bond donors (Lipinski definition) is 2. The van der Waals surface area contributed by atoms with Gasteiger partial charge in [-0.05, 0) is 61.4 Å². The maximum Gasteiger partial charge on any atom is 0.146 e. The Kier molecular flexibility index (Phi) is 5.84. The summed E-state index contributed by atoms with van der Waals surface area (Å²) in [5.74, 6) is 1.43. The summed E-state index contributed by atoms with van der Waals surface area (Å²) in [7, 11) is 1.72. The maximum absolute atomic E-state index is 5.63. The number of methoxy groups -OCH3 is 1. The first-order valence-electron chi connectivity index (χ1n) is 10.7. The predicted molar refractivity (Wildman–Crippen MR) is 116 cm³/mol. The van der Waals surface area contributed by atoms with Gasteiger partial charge < -0.3 is 14.7 Å². The number of nitrogens with zero attached hydrogens (tertiary/aromatic N) is 1. The number of H-pyrrole nitrogens is 2. The normalized spacial score (nSPS) is 21.9. The Balaban J connectivity index is 1.70. The van der Waals surface area contributed by atoms with Gasteiger partial charge in [0.15, 0.2) is 0 Å². The summed E-state index contributed by atoms with van der Waals surface area (Å²) in [6.45, 7) is 2.31. The number of aryl methyl sites for hydroxylation is 1. The minimum Gasteiger partial charge on any atom is -0.494 e. The number of aromatic amines is 2. The Morgan fingerprint density at radius 1 is 1.21 bits per heavy atom. The van der Waals surface area contributed by atoms with Crippen molar-refractivity contribution in [3.63, 3.8) is 0 Å². The quantitative estimate of drug-likeness (QED) is 0.664. The fraction of sp³-hybridized carbons (Fsp3) is 0.458. The lowest BCUT2D eigenvalue weighted by molar-refractivity contribution is 0.303. The van der Waals surface area contributed by atoms with Crippen molar-refractivity contribution in [1.82, 2.24) is 9.97 Å². The SMILES string of the molecule is CCC1CCCCCCCc2cc1c(C=C1N=C(c3ccc[nH]3)C=C1OC)[nH]2. The molecule has 1 atom stereocenters. The molecular weight excluding hydrogens is 346 g/mol. The average molecular weight is 378 g/mol. The molecule has 148 valence electrons. The molecule has 4 heteroatoms. The molecule has 2 aromatic rings. The van der Waals surface area contributed by atoms with Crippen LogP contribution in [-0.4, -0.2) is 22.8 Å². The standard InChI is InChI=1S/C24H31N3O/c1-3-17-10-7-5-4-6-8-11-18-14-19(17)21(26-18)15-23-24(28-2)16-22(27-23)20-12-9-13-25-20/h9,12-17,25-26H,3-8,10-11H2,1-2H3. The van der Waals surface area contributed by atoms with Gasteiger partial charge in [-0.15, -0.1) is 0 Å². The minimum absolute atomic E-state index is 0.609. The number of fused-ring (bicyclic) bond motifs is 2. The molecule has 4 rings (SSSR count). The van der Waals surface area contributed by atoms with Gasteiger partial charge in [-0.25, -0.2) is 4.99 Å². The highest BCUT2D eigenvalue weighted by Gasteiger charge is 2.21. The average Bonchev–Trinajstić information content (AvgIpc) is 3.43. The van der Waals surface area contributed by atoms with Crippen LogP contribution in [0.1, 0.15) is 80.4 Å². The Labute approximate surface area is 167 Å². The molecule has 0 amide bonds. The fourth-order valence-corrected chi connectivity index (χ4v) is 4.40. The zero-order valence-corrected chi connectivity index (χ0v) is 17.1. The lowest BCUT2D eigenvalue weighted by atomic mass is 9.90. The van der Waals surface area contributed by atoms with Crippen molar-refractivity contribution in [2.45, 2.75) is 64.2 Å². The topological polar surface area (TPSA) is 53.2 Å². The van der Waals surface area contributed by atoms with Crippen molar-refractivity contribution in [2.75, 3.05) is 7.11 Å². The number of aromatic nitrogens is 2. The molecule has 0 spiro atoms. The maximum atomic E-state index is 5.63. The first-order valence-corrected chi connectivity index (χ1v) is 10.7. The molecule has 28 heavy (non-hydrogen) atoms. The molecule has 0 saturated carbocycles. The van der Waals surface area contributed by atoms with Gasteiger partial charge in [0.05, 0.1) is 18.5 Å². The molecule has 1 aliphatic carbocycles. The third kappa shape index (κ3) is 4.01. The summed E-state index contributed by atoms with van der Waals surface area (Å²) >= 11 is 0. The van der Waals surface area contributed by atoms with Gasteiger partial charge in [-0.1, -0.05) is 32.6 Å². The van der Waals surface area contributed by atoms with Crippen LogP contribution in [-0.2, 0) is 11.2 Å². The second-order valence-corrected chi connectivity index (χ2v) is 7.90. The summed E-state index contributed by atoms with van der Waals surface area (Å²) in [6, 6.07) is 6.44. The van der Waals surface area contributed by atoms with Crippen LogP contribution in [0.4, 0.5) is 0 Å². The van der Waals surface area contributed by atoms with E-state index < -0.39 is 0 Å². The Bertz CT molecular complexity index is 883. The van der Waals surface area contributed by atoms with Crippen molar-refractivity contribution in [1.29, 1.82) is 0 Å². The molecule has 2 aromatic heterocycles. The molecule has 2 bridgehead atoms. The van der Waals surface area contributed by atoms with Gasteiger partial charge in [0.25, 0.3) is 0 Å². The van der Waals surface area contributed by atoms with Crippen LogP contribution < -0.4 is 0 Å². The molecule has 3 heterocycles. The van der Waals surface area contributed by atoms with Crippen molar-refractivity contribution in [2.24, 2.45) is 4.99 Å². The molecule has 2 aliphatic rings. The minimum atomic E-state index is 0.609. The van der Waals surface area contributed by atoms with E-state index in [9.17, 15) is 0 Å². The summed E-state index contributed by atoms with van der Waals surface area (Å²) in [5.41, 5.74) is 6.84. The van der Waals surface area contributed by atoms with E-state index >= 15 is 0 Å². The molecular formula is C24H31N3O. The van der Waals surface area contributed by atoms with Gasteiger partial charge >= 0.3 is 0 Å². The highest BCUT2D eigenvalue weighted by Crippen LogP contribution is 2.33. The zero-order valence-electron chi connectivity index (χ0n) is 17.1. The summed E-state index contributed by atoms with van der Waals surface area (Å²) in [5, 5.41) is 0. The van der Waals surface area contributed by atoms with E-state index in [1.54, 1.807) is 7.11 Å². The van der Waals surface area contributed by atoms with Crippen LogP contribution in [0.5, 0.6) is 0 Å². The smallest absolute Gasteiger partial charge is 0.146 e. The van der Waals surface area contributed by atoms with Crippen LogP contribution in [0.15, 0.2) is 46.9 Å². The first-order chi connectivity index (χ1) is 13.8. The molecule has 0 fully saturated rings. The molecule has 0 radical (unpaired) electrons. The summed E-state index contributed by atoms with van der Waals surface area (Å²) in [4.78, 5) is 11.8. The van der Waals surface area contributed by atoms with E-state index in [0.29, 0.717) is 5.92 Å². The van der Waals surface area contributed by atoms with E-state index in [4.69, 9.17) is 9.73 Å². The number of nitrogens with one attached hydrogen (secondary N) is 2. The van der Waals surface area contributed by atoms with E-state index in [1.165, 1.54) is 61.9 Å². The first kappa shape index (κ1) is 18.9. The van der Waals surface area contributed by atoms with Crippen molar-refractivity contribution < 1.29 is 4.74 Å². The van der Waals surface area contributed by atoms with Crippen LogP contribution in [0, 0.1) is 0 Å². The Hall–Kier alpha value is -2.49. The van der Waals surface area contributed by atoms with E-state index in [0.717, 1.165) is 29.3 Å². The van der Waals surface area contributed by atoms with Crippen LogP contribution >= 0.6 is 0 Å².